The fraction of sp³-hybridized carbons (Fsp3) is 0.529. The van der Waals surface area contributed by atoms with E-state index < -0.39 is 8.07 Å². The third-order valence-electron chi connectivity index (χ3n) is 4.02. The van der Waals surface area contributed by atoms with E-state index in [1.807, 2.05) is 0 Å². The summed E-state index contributed by atoms with van der Waals surface area (Å²) in [5, 5.41) is 0. The molecule has 0 spiro atoms. The molecule has 0 N–H and O–H groups in total. The molecule has 2 atom stereocenters. The van der Waals surface area contributed by atoms with Crippen LogP contribution in [0.3, 0.4) is 0 Å². The van der Waals surface area contributed by atoms with Crippen LogP contribution in [0.15, 0.2) is 47.6 Å². The van der Waals surface area contributed by atoms with Gasteiger partial charge in [0.15, 0.2) is 0 Å². The highest BCUT2D eigenvalue weighted by Crippen LogP contribution is 2.43. The van der Waals surface area contributed by atoms with Crippen LogP contribution in [0.2, 0.25) is 25.2 Å². The lowest BCUT2D eigenvalue weighted by Gasteiger charge is -2.27. The molecule has 2 aliphatic rings. The van der Waals surface area contributed by atoms with E-state index in [-0.39, 0.29) is 0 Å². The quantitative estimate of drug-likeness (QED) is 0.586. The summed E-state index contributed by atoms with van der Waals surface area (Å²) >= 11 is 0. The maximum atomic E-state index is 2.46. The van der Waals surface area contributed by atoms with E-state index in [1.54, 1.807) is 5.57 Å². The zero-order chi connectivity index (χ0) is 13.6. The third kappa shape index (κ3) is 2.61. The van der Waals surface area contributed by atoms with E-state index in [1.165, 1.54) is 5.57 Å². The van der Waals surface area contributed by atoms with Gasteiger partial charge in [-0.15, -0.1) is 0 Å². The molecule has 0 aromatic carbocycles. The first kappa shape index (κ1) is 13.6. The van der Waals surface area contributed by atoms with E-state index in [9.17, 15) is 0 Å². The minimum Gasteiger partial charge on any atom is -0.0797 e. The normalized spacial score (nSPS) is 27.7. The zero-order valence-corrected chi connectivity index (χ0v) is 13.6. The second kappa shape index (κ2) is 4.38. The monoisotopic (exact) mass is 258 g/mol. The highest BCUT2D eigenvalue weighted by Gasteiger charge is 2.32. The molecule has 0 saturated heterocycles. The SMILES string of the molecule is CC(C)(C)C1C=CC(C2=CC=CC2[Si](C)(C)C)=C1. The van der Waals surface area contributed by atoms with Crippen LogP contribution in [0, 0.1) is 11.3 Å². The Kier molecular flexibility index (Phi) is 3.31. The summed E-state index contributed by atoms with van der Waals surface area (Å²) in [6.07, 6.45) is 14.1. The zero-order valence-electron chi connectivity index (χ0n) is 12.6. The maximum Gasteiger partial charge on any atom is 0.0566 e. The first-order valence-electron chi connectivity index (χ1n) is 6.98. The maximum absolute atomic E-state index is 2.46. The van der Waals surface area contributed by atoms with Crippen LogP contribution in [0.4, 0.5) is 0 Å². The molecule has 0 nitrogen and oxygen atoms in total. The predicted octanol–water partition coefficient (Wildman–Crippen LogP) is 5.35. The number of hydrogen-bond acceptors (Lipinski definition) is 0. The summed E-state index contributed by atoms with van der Waals surface area (Å²) in [5.41, 5.74) is 4.04. The molecule has 98 valence electrons. The fourth-order valence-electron chi connectivity index (χ4n) is 2.75. The molecule has 0 amide bonds. The smallest absolute Gasteiger partial charge is 0.0566 e. The van der Waals surface area contributed by atoms with Crippen molar-refractivity contribution < 1.29 is 0 Å². The van der Waals surface area contributed by atoms with Gasteiger partial charge in [-0.2, -0.15) is 0 Å². The van der Waals surface area contributed by atoms with E-state index in [0.717, 1.165) is 0 Å². The molecule has 2 rings (SSSR count). The van der Waals surface area contributed by atoms with Gasteiger partial charge in [-0.3, -0.25) is 0 Å². The number of allylic oxidation sites excluding steroid dienone is 8. The summed E-state index contributed by atoms with van der Waals surface area (Å²) in [4.78, 5) is 0. The van der Waals surface area contributed by atoms with Gasteiger partial charge in [0.2, 0.25) is 0 Å². The van der Waals surface area contributed by atoms with Crippen molar-refractivity contribution in [3.63, 3.8) is 0 Å². The first-order chi connectivity index (χ1) is 8.19. The van der Waals surface area contributed by atoms with Crippen molar-refractivity contribution in [3.05, 3.63) is 47.6 Å². The Hall–Kier alpha value is -0.823. The average Bonchev–Trinajstić information content (AvgIpc) is 2.84. The summed E-state index contributed by atoms with van der Waals surface area (Å²) in [6, 6.07) is 0. The Morgan fingerprint density at radius 3 is 2.22 bits per heavy atom. The molecular weight excluding hydrogens is 232 g/mol. The molecule has 2 unspecified atom stereocenters. The van der Waals surface area contributed by atoms with Crippen LogP contribution in [0.1, 0.15) is 20.8 Å². The topological polar surface area (TPSA) is 0 Å². The van der Waals surface area contributed by atoms with Crippen LogP contribution < -0.4 is 0 Å². The third-order valence-corrected chi connectivity index (χ3v) is 6.39. The first-order valence-corrected chi connectivity index (χ1v) is 10.6. The Bertz CT molecular complexity index is 447. The Balaban J connectivity index is 2.23. The highest BCUT2D eigenvalue weighted by atomic mass is 28.3. The minimum absolute atomic E-state index is 0.333. The summed E-state index contributed by atoms with van der Waals surface area (Å²) in [7, 11) is -1.15. The van der Waals surface area contributed by atoms with Gasteiger partial charge in [-0.05, 0) is 22.1 Å². The van der Waals surface area contributed by atoms with Gasteiger partial charge in [-0.1, -0.05) is 76.9 Å². The van der Waals surface area contributed by atoms with Crippen LogP contribution in [0.5, 0.6) is 0 Å². The molecule has 0 bridgehead atoms. The molecule has 0 heterocycles. The largest absolute Gasteiger partial charge is 0.0797 e. The molecule has 0 aromatic rings. The molecule has 18 heavy (non-hydrogen) atoms. The van der Waals surface area contributed by atoms with Crippen molar-refractivity contribution in [1.82, 2.24) is 0 Å². The lowest BCUT2D eigenvalue weighted by Crippen LogP contribution is -2.27. The Morgan fingerprint density at radius 2 is 1.72 bits per heavy atom. The molecule has 0 fully saturated rings. The predicted molar refractivity (Wildman–Crippen MR) is 84.5 cm³/mol. The highest BCUT2D eigenvalue weighted by molar-refractivity contribution is 6.78. The summed E-state index contributed by atoms with van der Waals surface area (Å²) in [5.74, 6) is 0.580. The van der Waals surface area contributed by atoms with Crippen LogP contribution in [0.25, 0.3) is 0 Å². The Morgan fingerprint density at radius 1 is 1.06 bits per heavy atom. The Labute approximate surface area is 113 Å². The molecular formula is C17H26Si. The molecule has 2 aliphatic carbocycles. The summed E-state index contributed by atoms with van der Waals surface area (Å²) in [6.45, 7) is 14.3. The van der Waals surface area contributed by atoms with Crippen LogP contribution in [-0.2, 0) is 0 Å². The van der Waals surface area contributed by atoms with Gasteiger partial charge in [0.1, 0.15) is 0 Å². The van der Waals surface area contributed by atoms with Gasteiger partial charge < -0.3 is 0 Å². The van der Waals surface area contributed by atoms with Gasteiger partial charge in [-0.25, -0.2) is 0 Å². The van der Waals surface area contributed by atoms with E-state index >= 15 is 0 Å². The fourth-order valence-corrected chi connectivity index (χ4v) is 4.64. The molecule has 1 heteroatoms. The van der Waals surface area contributed by atoms with Gasteiger partial charge in [0.05, 0.1) is 8.07 Å². The standard InChI is InChI=1S/C17H26Si/c1-17(2,3)14-11-10-13(12-14)15-8-7-9-16(15)18(4,5)6/h7-12,14,16H,1-6H3. The second-order valence-corrected chi connectivity index (χ2v) is 13.1. The van der Waals surface area contributed by atoms with Gasteiger partial charge >= 0.3 is 0 Å². The van der Waals surface area contributed by atoms with E-state index in [2.05, 4.69) is 76.9 Å². The van der Waals surface area contributed by atoms with E-state index in [0.29, 0.717) is 16.9 Å². The van der Waals surface area contributed by atoms with Crippen molar-refractivity contribution in [1.29, 1.82) is 0 Å². The van der Waals surface area contributed by atoms with Crippen LogP contribution >= 0.6 is 0 Å². The number of rotatable bonds is 2. The molecule has 0 saturated carbocycles. The lowest BCUT2D eigenvalue weighted by molar-refractivity contribution is 0.346. The molecule has 0 aromatic heterocycles. The summed E-state index contributed by atoms with van der Waals surface area (Å²) < 4.78 is 0. The second-order valence-electron chi connectivity index (χ2n) is 7.72. The minimum atomic E-state index is -1.15. The molecule has 0 radical (unpaired) electrons. The van der Waals surface area contributed by atoms with Gasteiger partial charge in [0.25, 0.3) is 0 Å². The van der Waals surface area contributed by atoms with Crippen molar-refractivity contribution in [2.75, 3.05) is 0 Å². The number of hydrogen-bond donors (Lipinski definition) is 0. The lowest BCUT2D eigenvalue weighted by atomic mass is 9.81. The average molecular weight is 258 g/mol. The van der Waals surface area contributed by atoms with Gasteiger partial charge in [0, 0.05) is 5.92 Å². The van der Waals surface area contributed by atoms with Crippen molar-refractivity contribution in [3.8, 4) is 0 Å². The van der Waals surface area contributed by atoms with E-state index in [4.69, 9.17) is 0 Å². The molecule has 0 aliphatic heterocycles. The van der Waals surface area contributed by atoms with Crippen LogP contribution in [-0.4, -0.2) is 8.07 Å². The van der Waals surface area contributed by atoms with Crippen molar-refractivity contribution in [2.45, 2.75) is 46.0 Å². The van der Waals surface area contributed by atoms with Crippen molar-refractivity contribution >= 4 is 8.07 Å². The van der Waals surface area contributed by atoms with Crippen molar-refractivity contribution in [2.24, 2.45) is 11.3 Å².